The van der Waals surface area contributed by atoms with Crippen LogP contribution in [0.1, 0.15) is 17.5 Å². The zero-order chi connectivity index (χ0) is 9.42. The van der Waals surface area contributed by atoms with Gasteiger partial charge in [0.15, 0.2) is 11.5 Å². The van der Waals surface area contributed by atoms with Gasteiger partial charge in [-0.1, -0.05) is 0 Å². The summed E-state index contributed by atoms with van der Waals surface area (Å²) in [5.74, 6) is -0.0814. The highest BCUT2D eigenvalue weighted by atomic mass is 79.9. The number of aryl methyl sites for hydroxylation is 1. The first kappa shape index (κ1) is 11.3. The molecule has 3 nitrogen and oxygen atoms in total. The molecule has 14 heavy (non-hydrogen) atoms. The molecule has 78 valence electrons. The van der Waals surface area contributed by atoms with Crippen molar-refractivity contribution in [3.63, 3.8) is 0 Å². The van der Waals surface area contributed by atoms with Gasteiger partial charge in [0.1, 0.15) is 0 Å². The SMILES string of the molecule is Br.N[C@H]1CCc2cc(O)c(O)cc2C1. The van der Waals surface area contributed by atoms with Crippen LogP contribution < -0.4 is 5.73 Å². The van der Waals surface area contributed by atoms with Crippen LogP contribution >= 0.6 is 17.0 Å². The maximum atomic E-state index is 9.27. The minimum atomic E-state index is -0.0483. The molecular weight excluding hydrogens is 246 g/mol. The number of rotatable bonds is 0. The van der Waals surface area contributed by atoms with E-state index < -0.39 is 0 Å². The van der Waals surface area contributed by atoms with Gasteiger partial charge in [-0.2, -0.15) is 0 Å². The maximum absolute atomic E-state index is 9.27. The van der Waals surface area contributed by atoms with E-state index in [9.17, 15) is 10.2 Å². The van der Waals surface area contributed by atoms with E-state index in [1.807, 2.05) is 0 Å². The number of aromatic hydroxyl groups is 2. The van der Waals surface area contributed by atoms with Gasteiger partial charge in [-0.05, 0) is 42.5 Å². The lowest BCUT2D eigenvalue weighted by atomic mass is 9.88. The number of phenols is 2. The summed E-state index contributed by atoms with van der Waals surface area (Å²) in [5, 5.41) is 18.5. The molecule has 4 heteroatoms. The van der Waals surface area contributed by atoms with E-state index >= 15 is 0 Å². The van der Waals surface area contributed by atoms with Gasteiger partial charge in [-0.25, -0.2) is 0 Å². The second-order valence-corrected chi connectivity index (χ2v) is 3.61. The highest BCUT2D eigenvalue weighted by Gasteiger charge is 2.17. The van der Waals surface area contributed by atoms with E-state index in [4.69, 9.17) is 5.73 Å². The van der Waals surface area contributed by atoms with Crippen molar-refractivity contribution in [2.24, 2.45) is 5.73 Å². The molecule has 0 aliphatic heterocycles. The Bertz CT molecular complexity index is 341. The standard InChI is InChI=1S/C10H13NO2.BrH/c11-8-2-1-6-4-9(12)10(13)5-7(6)3-8;/h4-5,8,12-13H,1-3,11H2;1H/t8-;/m0./s1. The fourth-order valence-corrected chi connectivity index (χ4v) is 1.81. The molecular formula is C10H14BrNO2. The summed E-state index contributed by atoms with van der Waals surface area (Å²) in [5.41, 5.74) is 7.97. The number of benzene rings is 1. The monoisotopic (exact) mass is 259 g/mol. The Morgan fingerprint density at radius 1 is 1.14 bits per heavy atom. The van der Waals surface area contributed by atoms with Gasteiger partial charge < -0.3 is 15.9 Å². The third kappa shape index (κ3) is 2.01. The lowest BCUT2D eigenvalue weighted by Crippen LogP contribution is -2.27. The van der Waals surface area contributed by atoms with Gasteiger partial charge in [-0.15, -0.1) is 17.0 Å². The van der Waals surface area contributed by atoms with Gasteiger partial charge >= 0.3 is 0 Å². The van der Waals surface area contributed by atoms with Crippen molar-refractivity contribution in [3.8, 4) is 11.5 Å². The second kappa shape index (κ2) is 4.19. The topological polar surface area (TPSA) is 66.5 Å². The summed E-state index contributed by atoms with van der Waals surface area (Å²) in [4.78, 5) is 0. The van der Waals surface area contributed by atoms with E-state index in [1.165, 1.54) is 0 Å². The van der Waals surface area contributed by atoms with Crippen LogP contribution in [0.4, 0.5) is 0 Å². The zero-order valence-electron chi connectivity index (χ0n) is 7.73. The lowest BCUT2D eigenvalue weighted by molar-refractivity contribution is 0.401. The number of fused-ring (bicyclic) bond motifs is 1. The first-order chi connectivity index (χ1) is 6.16. The molecule has 1 aliphatic rings. The fourth-order valence-electron chi connectivity index (χ4n) is 1.81. The van der Waals surface area contributed by atoms with Crippen molar-refractivity contribution in [2.75, 3.05) is 0 Å². The molecule has 0 amide bonds. The average molecular weight is 260 g/mol. The van der Waals surface area contributed by atoms with Crippen molar-refractivity contribution >= 4 is 17.0 Å². The van der Waals surface area contributed by atoms with Crippen LogP contribution in [0, 0.1) is 0 Å². The van der Waals surface area contributed by atoms with Crippen LogP contribution in [0.15, 0.2) is 12.1 Å². The number of phenolic OH excluding ortho intramolecular Hbond substituents is 2. The smallest absolute Gasteiger partial charge is 0.157 e. The van der Waals surface area contributed by atoms with Gasteiger partial charge in [0.25, 0.3) is 0 Å². The van der Waals surface area contributed by atoms with Crippen molar-refractivity contribution < 1.29 is 10.2 Å². The molecule has 2 rings (SSSR count). The maximum Gasteiger partial charge on any atom is 0.157 e. The van der Waals surface area contributed by atoms with Crippen molar-refractivity contribution in [1.29, 1.82) is 0 Å². The Balaban J connectivity index is 0.000000980. The van der Waals surface area contributed by atoms with Crippen LogP contribution in [0.3, 0.4) is 0 Å². The third-order valence-electron chi connectivity index (χ3n) is 2.56. The minimum absolute atomic E-state index is 0. The minimum Gasteiger partial charge on any atom is -0.504 e. The number of halogens is 1. The van der Waals surface area contributed by atoms with Crippen LogP contribution in [-0.4, -0.2) is 16.3 Å². The largest absolute Gasteiger partial charge is 0.504 e. The molecule has 1 aromatic rings. The molecule has 0 unspecified atom stereocenters. The summed E-state index contributed by atoms with van der Waals surface area (Å²) in [6.45, 7) is 0. The first-order valence-electron chi connectivity index (χ1n) is 4.46. The number of nitrogens with two attached hydrogens (primary N) is 1. The molecule has 0 heterocycles. The predicted octanol–water partition coefficient (Wildman–Crippen LogP) is 1.49. The highest BCUT2D eigenvalue weighted by Crippen LogP contribution is 2.31. The fraction of sp³-hybridized carbons (Fsp3) is 0.400. The van der Waals surface area contributed by atoms with E-state index in [2.05, 4.69) is 0 Å². The van der Waals surface area contributed by atoms with Crippen LogP contribution in [0.5, 0.6) is 11.5 Å². The van der Waals surface area contributed by atoms with Crippen molar-refractivity contribution in [3.05, 3.63) is 23.3 Å². The quantitative estimate of drug-likeness (QED) is 0.619. The van der Waals surface area contributed by atoms with Gasteiger partial charge in [0, 0.05) is 6.04 Å². The third-order valence-corrected chi connectivity index (χ3v) is 2.56. The summed E-state index contributed by atoms with van der Waals surface area (Å²) in [6.07, 6.45) is 2.64. The Morgan fingerprint density at radius 2 is 1.71 bits per heavy atom. The van der Waals surface area contributed by atoms with E-state index in [0.29, 0.717) is 0 Å². The summed E-state index contributed by atoms with van der Waals surface area (Å²) in [7, 11) is 0. The molecule has 1 aromatic carbocycles. The van der Waals surface area contributed by atoms with Crippen LogP contribution in [0.25, 0.3) is 0 Å². The molecule has 0 aromatic heterocycles. The Morgan fingerprint density at radius 3 is 2.36 bits per heavy atom. The highest BCUT2D eigenvalue weighted by molar-refractivity contribution is 8.93. The van der Waals surface area contributed by atoms with E-state index in [-0.39, 0.29) is 34.5 Å². The molecule has 0 saturated carbocycles. The molecule has 0 fully saturated rings. The molecule has 1 aliphatic carbocycles. The van der Waals surface area contributed by atoms with Crippen molar-refractivity contribution in [1.82, 2.24) is 0 Å². The van der Waals surface area contributed by atoms with Gasteiger partial charge in [0.2, 0.25) is 0 Å². The molecule has 0 spiro atoms. The summed E-state index contributed by atoms with van der Waals surface area (Å²) in [6, 6.07) is 3.44. The molecule has 0 radical (unpaired) electrons. The number of hydrogen-bond acceptors (Lipinski definition) is 3. The van der Waals surface area contributed by atoms with Crippen LogP contribution in [0.2, 0.25) is 0 Å². The molecule has 0 bridgehead atoms. The molecule has 4 N–H and O–H groups in total. The Hall–Kier alpha value is -0.740. The van der Waals surface area contributed by atoms with Crippen LogP contribution in [-0.2, 0) is 12.8 Å². The predicted molar refractivity (Wildman–Crippen MR) is 60.1 cm³/mol. The van der Waals surface area contributed by atoms with Gasteiger partial charge in [0.05, 0.1) is 0 Å². The van der Waals surface area contributed by atoms with Crippen molar-refractivity contribution in [2.45, 2.75) is 25.3 Å². The first-order valence-corrected chi connectivity index (χ1v) is 4.46. The lowest BCUT2D eigenvalue weighted by Gasteiger charge is -2.21. The Kier molecular flexibility index (Phi) is 3.39. The number of hydrogen-bond donors (Lipinski definition) is 3. The van der Waals surface area contributed by atoms with E-state index in [0.717, 1.165) is 30.4 Å². The Labute approximate surface area is 93.3 Å². The summed E-state index contributed by atoms with van der Waals surface area (Å²) < 4.78 is 0. The normalized spacial score (nSPS) is 19.6. The second-order valence-electron chi connectivity index (χ2n) is 3.61. The summed E-state index contributed by atoms with van der Waals surface area (Å²) >= 11 is 0. The van der Waals surface area contributed by atoms with E-state index in [1.54, 1.807) is 12.1 Å². The molecule has 0 saturated heterocycles. The zero-order valence-corrected chi connectivity index (χ0v) is 9.45. The van der Waals surface area contributed by atoms with Gasteiger partial charge in [-0.3, -0.25) is 0 Å². The molecule has 1 atom stereocenters. The average Bonchev–Trinajstić information content (AvgIpc) is 2.08.